The van der Waals surface area contributed by atoms with Gasteiger partial charge in [0.15, 0.2) is 0 Å². The number of pyridine rings is 1. The molecule has 28 heavy (non-hydrogen) atoms. The van der Waals surface area contributed by atoms with Crippen molar-refractivity contribution in [3.05, 3.63) is 24.2 Å². The Bertz CT molecular complexity index is 786. The lowest BCUT2D eigenvalue weighted by molar-refractivity contribution is 0.0243. The minimum atomic E-state index is 0.227. The molecule has 0 amide bonds. The Morgan fingerprint density at radius 2 is 1.79 bits per heavy atom. The Labute approximate surface area is 164 Å². The molecular weight excluding hydrogens is 358 g/mol. The van der Waals surface area contributed by atoms with Crippen molar-refractivity contribution in [2.45, 2.75) is 37.8 Å². The van der Waals surface area contributed by atoms with Crippen LogP contribution < -0.4 is 4.90 Å². The molecule has 0 radical (unpaired) electrons. The van der Waals surface area contributed by atoms with Gasteiger partial charge < -0.3 is 18.9 Å². The molecule has 150 valence electrons. The average Bonchev–Trinajstić information content (AvgIpc) is 3.45. The van der Waals surface area contributed by atoms with Crippen LogP contribution in [0.15, 0.2) is 22.9 Å². The molecular formula is C20H27N5O3. The van der Waals surface area contributed by atoms with Gasteiger partial charge >= 0.3 is 0 Å². The number of ether oxygens (including phenoxy) is 2. The van der Waals surface area contributed by atoms with Crippen molar-refractivity contribution in [2.24, 2.45) is 0 Å². The van der Waals surface area contributed by atoms with E-state index in [1.807, 2.05) is 18.3 Å². The Balaban J connectivity index is 1.34. The number of anilines is 1. The molecule has 5 rings (SSSR count). The summed E-state index contributed by atoms with van der Waals surface area (Å²) in [6, 6.07) is 4.78. The van der Waals surface area contributed by atoms with Crippen LogP contribution in [-0.4, -0.2) is 72.1 Å². The van der Waals surface area contributed by atoms with Crippen LogP contribution in [0.2, 0.25) is 0 Å². The van der Waals surface area contributed by atoms with Gasteiger partial charge in [-0.25, -0.2) is 4.98 Å². The minimum Gasteiger partial charge on any atom is -0.381 e. The molecule has 2 aromatic rings. The number of morpholine rings is 1. The summed E-state index contributed by atoms with van der Waals surface area (Å²) in [4.78, 5) is 14.1. The first kappa shape index (κ1) is 18.0. The quantitative estimate of drug-likeness (QED) is 0.793. The van der Waals surface area contributed by atoms with E-state index in [1.54, 1.807) is 0 Å². The minimum absolute atomic E-state index is 0.227. The lowest BCUT2D eigenvalue weighted by Gasteiger charge is -2.33. The molecule has 0 spiro atoms. The maximum Gasteiger partial charge on any atom is 0.244 e. The van der Waals surface area contributed by atoms with Gasteiger partial charge in [0.25, 0.3) is 0 Å². The Morgan fingerprint density at radius 3 is 2.64 bits per heavy atom. The zero-order chi connectivity index (χ0) is 18.8. The number of aromatic nitrogens is 3. The first-order valence-corrected chi connectivity index (χ1v) is 10.3. The zero-order valence-corrected chi connectivity index (χ0v) is 16.1. The zero-order valence-electron chi connectivity index (χ0n) is 16.1. The second-order valence-corrected chi connectivity index (χ2v) is 7.70. The highest BCUT2D eigenvalue weighted by molar-refractivity contribution is 5.59. The Hall–Kier alpha value is -2.03. The highest BCUT2D eigenvalue weighted by Crippen LogP contribution is 2.36. The SMILES string of the molecule is c1cc(-c2noc(C3CCCN3C3CCOCC3)n2)cc(N2CCOCC2)n1. The van der Waals surface area contributed by atoms with Crippen LogP contribution in [0.5, 0.6) is 0 Å². The normalized spacial score (nSPS) is 24.7. The number of hydrogen-bond acceptors (Lipinski definition) is 8. The molecule has 0 aromatic carbocycles. The number of nitrogens with zero attached hydrogens (tertiary/aromatic N) is 5. The molecule has 5 heterocycles. The van der Waals surface area contributed by atoms with Crippen LogP contribution in [-0.2, 0) is 9.47 Å². The number of likely N-dealkylation sites (tertiary alicyclic amines) is 1. The maximum atomic E-state index is 5.72. The standard InChI is InChI=1S/C20H27N5O3/c1-2-17(25(7-1)16-4-10-26-11-5-16)20-22-19(23-28-20)15-3-6-21-18(14-15)24-8-12-27-13-9-24/h3,6,14,16-17H,1-2,4-5,7-13H2. The second-order valence-electron chi connectivity index (χ2n) is 7.70. The van der Waals surface area contributed by atoms with Crippen molar-refractivity contribution >= 4 is 5.82 Å². The van der Waals surface area contributed by atoms with E-state index in [2.05, 4.69) is 19.9 Å². The van der Waals surface area contributed by atoms with Crippen LogP contribution in [0.4, 0.5) is 5.82 Å². The van der Waals surface area contributed by atoms with Crippen molar-refractivity contribution in [2.75, 3.05) is 51.0 Å². The van der Waals surface area contributed by atoms with E-state index in [1.165, 1.54) is 6.42 Å². The second kappa shape index (κ2) is 8.14. The third-order valence-corrected chi connectivity index (χ3v) is 6.02. The van der Waals surface area contributed by atoms with Crippen molar-refractivity contribution in [3.8, 4) is 11.4 Å². The van der Waals surface area contributed by atoms with Gasteiger partial charge in [0, 0.05) is 44.1 Å². The van der Waals surface area contributed by atoms with Gasteiger partial charge in [-0.05, 0) is 44.4 Å². The molecule has 0 aliphatic carbocycles. The average molecular weight is 385 g/mol. The molecule has 2 aromatic heterocycles. The Kier molecular flexibility index (Phi) is 5.24. The van der Waals surface area contributed by atoms with Gasteiger partial charge in [-0.3, -0.25) is 4.90 Å². The smallest absolute Gasteiger partial charge is 0.244 e. The van der Waals surface area contributed by atoms with Gasteiger partial charge in [-0.2, -0.15) is 4.98 Å². The van der Waals surface area contributed by atoms with E-state index >= 15 is 0 Å². The van der Waals surface area contributed by atoms with Crippen LogP contribution in [0.3, 0.4) is 0 Å². The fourth-order valence-corrected chi connectivity index (χ4v) is 4.52. The fraction of sp³-hybridized carbons (Fsp3) is 0.650. The summed E-state index contributed by atoms with van der Waals surface area (Å²) in [5.74, 6) is 2.33. The third kappa shape index (κ3) is 3.64. The summed E-state index contributed by atoms with van der Waals surface area (Å²) >= 11 is 0. The molecule has 3 aliphatic rings. The highest BCUT2D eigenvalue weighted by atomic mass is 16.5. The van der Waals surface area contributed by atoms with E-state index in [0.717, 1.165) is 82.6 Å². The molecule has 8 nitrogen and oxygen atoms in total. The van der Waals surface area contributed by atoms with Crippen LogP contribution in [0, 0.1) is 0 Å². The maximum absolute atomic E-state index is 5.72. The van der Waals surface area contributed by atoms with Crippen molar-refractivity contribution in [3.63, 3.8) is 0 Å². The predicted molar refractivity (Wildman–Crippen MR) is 103 cm³/mol. The first-order valence-electron chi connectivity index (χ1n) is 10.3. The van der Waals surface area contributed by atoms with E-state index < -0.39 is 0 Å². The van der Waals surface area contributed by atoms with Gasteiger partial charge in [0.1, 0.15) is 5.82 Å². The highest BCUT2D eigenvalue weighted by Gasteiger charge is 2.36. The van der Waals surface area contributed by atoms with Gasteiger partial charge in [-0.1, -0.05) is 5.16 Å². The summed E-state index contributed by atoms with van der Waals surface area (Å²) in [6.45, 7) is 5.99. The molecule has 0 bridgehead atoms. The summed E-state index contributed by atoms with van der Waals surface area (Å²) in [6.07, 6.45) is 6.25. The summed E-state index contributed by atoms with van der Waals surface area (Å²) in [5.41, 5.74) is 0.946. The van der Waals surface area contributed by atoms with Crippen molar-refractivity contribution in [1.29, 1.82) is 0 Å². The van der Waals surface area contributed by atoms with Crippen molar-refractivity contribution < 1.29 is 14.0 Å². The molecule has 1 atom stereocenters. The lowest BCUT2D eigenvalue weighted by Crippen LogP contribution is -2.39. The largest absolute Gasteiger partial charge is 0.381 e. The van der Waals surface area contributed by atoms with Gasteiger partial charge in [-0.15, -0.1) is 0 Å². The Morgan fingerprint density at radius 1 is 0.964 bits per heavy atom. The monoisotopic (exact) mass is 385 g/mol. The van der Waals surface area contributed by atoms with Crippen molar-refractivity contribution in [1.82, 2.24) is 20.0 Å². The number of hydrogen-bond donors (Lipinski definition) is 0. The molecule has 8 heteroatoms. The van der Waals surface area contributed by atoms with E-state index in [-0.39, 0.29) is 6.04 Å². The van der Waals surface area contributed by atoms with E-state index in [4.69, 9.17) is 19.0 Å². The van der Waals surface area contributed by atoms with Crippen LogP contribution in [0.25, 0.3) is 11.4 Å². The summed E-state index contributed by atoms with van der Waals surface area (Å²) < 4.78 is 16.7. The van der Waals surface area contributed by atoms with Gasteiger partial charge in [0.2, 0.25) is 11.7 Å². The predicted octanol–water partition coefficient (Wildman–Crippen LogP) is 2.28. The third-order valence-electron chi connectivity index (χ3n) is 6.02. The van der Waals surface area contributed by atoms with Gasteiger partial charge in [0.05, 0.1) is 19.3 Å². The molecule has 0 saturated carbocycles. The number of rotatable bonds is 4. The molecule has 3 saturated heterocycles. The molecule has 1 unspecified atom stereocenters. The molecule has 3 fully saturated rings. The van der Waals surface area contributed by atoms with Crippen LogP contribution >= 0.6 is 0 Å². The lowest BCUT2D eigenvalue weighted by atomic mass is 10.1. The first-order chi connectivity index (χ1) is 13.9. The van der Waals surface area contributed by atoms with E-state index in [9.17, 15) is 0 Å². The van der Waals surface area contributed by atoms with E-state index in [0.29, 0.717) is 11.9 Å². The van der Waals surface area contributed by atoms with Crippen LogP contribution in [0.1, 0.15) is 37.6 Å². The molecule has 0 N–H and O–H groups in total. The summed E-state index contributed by atoms with van der Waals surface area (Å²) in [7, 11) is 0. The fourth-order valence-electron chi connectivity index (χ4n) is 4.52. The molecule has 3 aliphatic heterocycles. The summed E-state index contributed by atoms with van der Waals surface area (Å²) in [5, 5.41) is 4.29. The topological polar surface area (TPSA) is 76.8 Å².